The number of Topliss-reactive ketones (excluding diaryl/α,β-unsaturated/α-hetero) is 1. The lowest BCUT2D eigenvalue weighted by Gasteiger charge is -2.14. The van der Waals surface area contributed by atoms with E-state index >= 15 is 0 Å². The van der Waals surface area contributed by atoms with Crippen molar-refractivity contribution >= 4 is 5.78 Å². The molecule has 0 amide bonds. The highest BCUT2D eigenvalue weighted by atomic mass is 16.1. The molecule has 0 saturated carbocycles. The van der Waals surface area contributed by atoms with Gasteiger partial charge in [0.2, 0.25) is 0 Å². The van der Waals surface area contributed by atoms with Crippen LogP contribution in [0.3, 0.4) is 0 Å². The molecular formula is C31H42O. The van der Waals surface area contributed by atoms with Crippen molar-refractivity contribution in [2.24, 2.45) is 11.8 Å². The smallest absolute Gasteiger partial charge is 0.165 e. The van der Waals surface area contributed by atoms with Gasteiger partial charge in [-0.25, -0.2) is 0 Å². The molecule has 0 aromatic heterocycles. The second-order valence-electron chi connectivity index (χ2n) is 9.32. The molecule has 0 bridgehead atoms. The van der Waals surface area contributed by atoms with E-state index < -0.39 is 0 Å². The highest BCUT2D eigenvalue weighted by Gasteiger charge is 2.16. The van der Waals surface area contributed by atoms with Crippen molar-refractivity contribution < 1.29 is 4.79 Å². The number of unbranched alkanes of at least 4 members (excludes halogenated alkanes) is 1. The number of benzene rings is 2. The summed E-state index contributed by atoms with van der Waals surface area (Å²) in [7, 11) is 0. The molecule has 2 rings (SSSR count). The van der Waals surface area contributed by atoms with Crippen molar-refractivity contribution in [2.75, 3.05) is 0 Å². The Balaban J connectivity index is 2.13. The zero-order chi connectivity index (χ0) is 23.5. The fourth-order valence-corrected chi connectivity index (χ4v) is 4.26. The summed E-state index contributed by atoms with van der Waals surface area (Å²) in [6, 6.07) is 15.7. The molecule has 2 unspecified atom stereocenters. The summed E-state index contributed by atoms with van der Waals surface area (Å²) in [6.07, 6.45) is 12.8. The van der Waals surface area contributed by atoms with Gasteiger partial charge in [-0.2, -0.15) is 0 Å². The van der Waals surface area contributed by atoms with Gasteiger partial charge in [-0.3, -0.25) is 4.79 Å². The van der Waals surface area contributed by atoms with Crippen LogP contribution in [0.2, 0.25) is 0 Å². The summed E-state index contributed by atoms with van der Waals surface area (Å²) < 4.78 is 0. The maximum atomic E-state index is 12.8. The second-order valence-corrected chi connectivity index (χ2v) is 9.32. The Labute approximate surface area is 196 Å². The van der Waals surface area contributed by atoms with Crippen LogP contribution in [0.5, 0.6) is 0 Å². The summed E-state index contributed by atoms with van der Waals surface area (Å²) in [5.74, 6) is 1.01. The molecule has 2 atom stereocenters. The molecule has 0 radical (unpaired) electrons. The van der Waals surface area contributed by atoms with Crippen LogP contribution >= 0.6 is 0 Å². The first kappa shape index (κ1) is 25.8. The van der Waals surface area contributed by atoms with E-state index in [1.807, 2.05) is 39.0 Å². The van der Waals surface area contributed by atoms with Crippen molar-refractivity contribution in [1.82, 2.24) is 0 Å². The van der Waals surface area contributed by atoms with E-state index in [0.717, 1.165) is 24.3 Å². The molecule has 0 N–H and O–H groups in total. The van der Waals surface area contributed by atoms with Gasteiger partial charge in [0.1, 0.15) is 0 Å². The van der Waals surface area contributed by atoms with Gasteiger partial charge in [-0.15, -0.1) is 0 Å². The normalized spacial score (nSPS) is 14.0. The Morgan fingerprint density at radius 1 is 1.00 bits per heavy atom. The third kappa shape index (κ3) is 7.62. The zero-order valence-electron chi connectivity index (χ0n) is 21.1. The first-order valence-corrected chi connectivity index (χ1v) is 12.4. The molecular weight excluding hydrogens is 388 g/mol. The van der Waals surface area contributed by atoms with E-state index in [9.17, 15) is 4.79 Å². The van der Waals surface area contributed by atoms with Crippen LogP contribution in [-0.2, 0) is 17.6 Å². The van der Waals surface area contributed by atoms with Gasteiger partial charge >= 0.3 is 0 Å². The number of carbonyl (C=O) groups excluding carboxylic acids is 1. The van der Waals surface area contributed by atoms with Crippen LogP contribution in [0.4, 0.5) is 0 Å². The standard InChI is InChI=1S/C31H42O/c1-7-13-28(9-3)31(32)25(6)20-27-19-18-24(5)30(22-27)29-17-12-16-26(21-29)15-11-10-14-23(4)8-2/h7,9,12-13,16-19,21-23,25H,8,10-11,14-15,20H2,1-6H3/b13-7-,28-9+. The summed E-state index contributed by atoms with van der Waals surface area (Å²) >= 11 is 0. The molecule has 2 aromatic carbocycles. The lowest BCUT2D eigenvalue weighted by Crippen LogP contribution is -2.15. The maximum absolute atomic E-state index is 12.8. The van der Waals surface area contributed by atoms with Gasteiger partial charge in [-0.1, -0.05) is 101 Å². The second kappa shape index (κ2) is 13.2. The number of rotatable bonds is 12. The molecule has 0 heterocycles. The SMILES string of the molecule is C/C=C\C(=C/C)C(=O)C(C)Cc1ccc(C)c(-c2cccc(CCCCC(C)CC)c2)c1. The average Bonchev–Trinajstić information content (AvgIpc) is 2.81. The van der Waals surface area contributed by atoms with E-state index in [-0.39, 0.29) is 11.7 Å². The van der Waals surface area contributed by atoms with Gasteiger partial charge in [-0.05, 0) is 73.8 Å². The first-order valence-electron chi connectivity index (χ1n) is 12.4. The zero-order valence-corrected chi connectivity index (χ0v) is 21.1. The molecule has 0 aliphatic carbocycles. The molecule has 0 fully saturated rings. The monoisotopic (exact) mass is 430 g/mol. The molecule has 0 saturated heterocycles. The minimum absolute atomic E-state index is 0.0372. The molecule has 2 aromatic rings. The predicted octanol–water partition coefficient (Wildman–Crippen LogP) is 8.69. The summed E-state index contributed by atoms with van der Waals surface area (Å²) in [4.78, 5) is 12.8. The number of carbonyl (C=O) groups is 1. The fourth-order valence-electron chi connectivity index (χ4n) is 4.26. The van der Waals surface area contributed by atoms with Crippen LogP contribution in [0.25, 0.3) is 11.1 Å². The fraction of sp³-hybridized carbons (Fsp3) is 0.452. The minimum Gasteiger partial charge on any atom is -0.294 e. The summed E-state index contributed by atoms with van der Waals surface area (Å²) in [5, 5.41) is 0. The third-order valence-electron chi connectivity index (χ3n) is 6.58. The van der Waals surface area contributed by atoms with Gasteiger partial charge < -0.3 is 0 Å². The van der Waals surface area contributed by atoms with Gasteiger partial charge in [0.15, 0.2) is 5.78 Å². The topological polar surface area (TPSA) is 17.1 Å². The van der Waals surface area contributed by atoms with E-state index in [1.165, 1.54) is 53.5 Å². The van der Waals surface area contributed by atoms with Crippen molar-refractivity contribution in [2.45, 2.75) is 80.1 Å². The molecule has 0 spiro atoms. The van der Waals surface area contributed by atoms with Crippen LogP contribution in [0.1, 0.15) is 77.0 Å². The largest absolute Gasteiger partial charge is 0.294 e. The van der Waals surface area contributed by atoms with Crippen molar-refractivity contribution in [3.63, 3.8) is 0 Å². The predicted molar refractivity (Wildman–Crippen MR) is 140 cm³/mol. The van der Waals surface area contributed by atoms with Crippen LogP contribution in [0.15, 0.2) is 66.3 Å². The van der Waals surface area contributed by atoms with E-state index in [1.54, 1.807) is 0 Å². The quantitative estimate of drug-likeness (QED) is 0.187. The molecule has 0 aliphatic rings. The third-order valence-corrected chi connectivity index (χ3v) is 6.58. The Kier molecular flexibility index (Phi) is 10.7. The molecule has 0 aliphatic heterocycles. The van der Waals surface area contributed by atoms with Crippen LogP contribution in [0, 0.1) is 18.8 Å². The van der Waals surface area contributed by atoms with Gasteiger partial charge in [0, 0.05) is 11.5 Å². The molecule has 1 heteroatoms. The Bertz CT molecular complexity index is 931. The average molecular weight is 431 g/mol. The lowest BCUT2D eigenvalue weighted by molar-refractivity contribution is -0.118. The first-order chi connectivity index (χ1) is 15.4. The lowest BCUT2D eigenvalue weighted by atomic mass is 9.89. The van der Waals surface area contributed by atoms with E-state index in [0.29, 0.717) is 0 Å². The molecule has 172 valence electrons. The minimum atomic E-state index is -0.0372. The highest BCUT2D eigenvalue weighted by Crippen LogP contribution is 2.27. The van der Waals surface area contributed by atoms with Gasteiger partial charge in [0.25, 0.3) is 0 Å². The summed E-state index contributed by atoms with van der Waals surface area (Å²) in [5.41, 5.74) is 7.29. The number of hydrogen-bond donors (Lipinski definition) is 0. The number of hydrogen-bond acceptors (Lipinski definition) is 1. The number of aryl methyl sites for hydroxylation is 2. The maximum Gasteiger partial charge on any atom is 0.165 e. The highest BCUT2D eigenvalue weighted by molar-refractivity contribution is 5.99. The number of allylic oxidation sites excluding steroid dienone is 4. The van der Waals surface area contributed by atoms with E-state index in [4.69, 9.17) is 0 Å². The van der Waals surface area contributed by atoms with Crippen molar-refractivity contribution in [3.8, 4) is 11.1 Å². The van der Waals surface area contributed by atoms with Crippen molar-refractivity contribution in [1.29, 1.82) is 0 Å². The van der Waals surface area contributed by atoms with Crippen LogP contribution < -0.4 is 0 Å². The Morgan fingerprint density at radius 3 is 2.47 bits per heavy atom. The molecule has 32 heavy (non-hydrogen) atoms. The van der Waals surface area contributed by atoms with Crippen molar-refractivity contribution in [3.05, 3.63) is 83.0 Å². The Hall–Kier alpha value is -2.41. The summed E-state index contributed by atoms with van der Waals surface area (Å²) in [6.45, 7) is 12.7. The van der Waals surface area contributed by atoms with Gasteiger partial charge in [0.05, 0.1) is 0 Å². The molecule has 1 nitrogen and oxygen atoms in total. The number of ketones is 1. The van der Waals surface area contributed by atoms with Crippen LogP contribution in [-0.4, -0.2) is 5.78 Å². The van der Waals surface area contributed by atoms with E-state index in [2.05, 4.69) is 63.2 Å². The Morgan fingerprint density at radius 2 is 1.78 bits per heavy atom.